The second-order valence-corrected chi connectivity index (χ2v) is 9.75. The fourth-order valence-electron chi connectivity index (χ4n) is 4.70. The number of ether oxygens (including phenoxy) is 1. The maximum atomic E-state index is 6.55. The molecule has 2 nitrogen and oxygen atoms in total. The Hall–Kier alpha value is -0.0800. The topological polar surface area (TPSA) is 35.2 Å². The monoisotopic (exact) mass is 295 g/mol. The smallest absolute Gasteiger partial charge is 0.0732 e. The lowest BCUT2D eigenvalue weighted by Gasteiger charge is -2.44. The Kier molecular flexibility index (Phi) is 5.10. The highest BCUT2D eigenvalue weighted by Crippen LogP contribution is 2.43. The van der Waals surface area contributed by atoms with Gasteiger partial charge in [-0.25, -0.2) is 0 Å². The number of nitrogens with two attached hydrogens (primary N) is 1. The lowest BCUT2D eigenvalue weighted by Crippen LogP contribution is -2.47. The Morgan fingerprint density at radius 3 is 2.29 bits per heavy atom. The van der Waals surface area contributed by atoms with Gasteiger partial charge in [0.05, 0.1) is 12.2 Å². The minimum Gasteiger partial charge on any atom is -0.373 e. The first-order valence-electron chi connectivity index (χ1n) is 8.98. The molecule has 2 rings (SSSR count). The highest BCUT2D eigenvalue weighted by atomic mass is 16.5. The van der Waals surface area contributed by atoms with Gasteiger partial charge in [-0.2, -0.15) is 0 Å². The molecule has 0 aromatic rings. The van der Waals surface area contributed by atoms with Crippen molar-refractivity contribution in [3.05, 3.63) is 0 Å². The molecule has 0 radical (unpaired) electrons. The van der Waals surface area contributed by atoms with E-state index in [1.54, 1.807) is 0 Å². The molecule has 0 spiro atoms. The van der Waals surface area contributed by atoms with Crippen LogP contribution in [0.3, 0.4) is 0 Å². The summed E-state index contributed by atoms with van der Waals surface area (Å²) in [6.07, 6.45) is 7.96. The van der Waals surface area contributed by atoms with Crippen molar-refractivity contribution >= 4 is 0 Å². The van der Waals surface area contributed by atoms with Crippen molar-refractivity contribution in [1.29, 1.82) is 0 Å². The Morgan fingerprint density at radius 1 is 1.05 bits per heavy atom. The summed E-state index contributed by atoms with van der Waals surface area (Å²) >= 11 is 0. The van der Waals surface area contributed by atoms with Crippen molar-refractivity contribution in [2.45, 2.75) is 98.3 Å². The van der Waals surface area contributed by atoms with Crippen molar-refractivity contribution < 1.29 is 4.74 Å². The van der Waals surface area contributed by atoms with Gasteiger partial charge in [-0.15, -0.1) is 0 Å². The second-order valence-electron chi connectivity index (χ2n) is 9.75. The van der Waals surface area contributed by atoms with Crippen LogP contribution in [0, 0.1) is 22.7 Å². The van der Waals surface area contributed by atoms with Crippen LogP contribution in [-0.2, 0) is 4.74 Å². The van der Waals surface area contributed by atoms with E-state index in [4.69, 9.17) is 10.5 Å². The summed E-state index contributed by atoms with van der Waals surface area (Å²) < 4.78 is 6.55. The van der Waals surface area contributed by atoms with E-state index in [9.17, 15) is 0 Å². The summed E-state index contributed by atoms with van der Waals surface area (Å²) in [5, 5.41) is 0. The zero-order valence-electron chi connectivity index (χ0n) is 15.1. The number of hydrogen-bond donors (Lipinski definition) is 1. The highest BCUT2D eigenvalue weighted by Gasteiger charge is 2.38. The largest absolute Gasteiger partial charge is 0.373 e. The van der Waals surface area contributed by atoms with Crippen molar-refractivity contribution in [1.82, 2.24) is 0 Å². The fourth-order valence-corrected chi connectivity index (χ4v) is 4.70. The van der Waals surface area contributed by atoms with Gasteiger partial charge >= 0.3 is 0 Å². The van der Waals surface area contributed by atoms with Crippen molar-refractivity contribution in [2.75, 3.05) is 0 Å². The molecule has 5 atom stereocenters. The normalized spacial score (nSPS) is 41.0. The minimum atomic E-state index is 0.240. The van der Waals surface area contributed by atoms with Crippen LogP contribution in [-0.4, -0.2) is 18.2 Å². The van der Waals surface area contributed by atoms with Gasteiger partial charge in [0.1, 0.15) is 0 Å². The second kappa shape index (κ2) is 6.20. The van der Waals surface area contributed by atoms with E-state index in [0.717, 1.165) is 24.7 Å². The molecule has 2 fully saturated rings. The molecule has 0 bridgehead atoms. The van der Waals surface area contributed by atoms with Crippen molar-refractivity contribution in [3.63, 3.8) is 0 Å². The molecule has 2 saturated carbocycles. The molecule has 0 amide bonds. The van der Waals surface area contributed by atoms with E-state index in [0.29, 0.717) is 16.9 Å². The van der Waals surface area contributed by atoms with Crippen LogP contribution in [0.1, 0.15) is 80.1 Å². The molecule has 2 aliphatic rings. The minimum absolute atomic E-state index is 0.240. The van der Waals surface area contributed by atoms with Crippen LogP contribution in [0.25, 0.3) is 0 Å². The summed E-state index contributed by atoms with van der Waals surface area (Å²) in [6, 6.07) is 0.240. The predicted molar refractivity (Wildman–Crippen MR) is 90.2 cm³/mol. The molecule has 124 valence electrons. The van der Waals surface area contributed by atoms with E-state index in [2.05, 4.69) is 41.5 Å². The molecule has 21 heavy (non-hydrogen) atoms. The molecule has 0 aromatic heterocycles. The first-order chi connectivity index (χ1) is 9.57. The summed E-state index contributed by atoms with van der Waals surface area (Å²) in [6.45, 7) is 14.2. The van der Waals surface area contributed by atoms with Gasteiger partial charge in [0.2, 0.25) is 0 Å². The van der Waals surface area contributed by atoms with Crippen LogP contribution in [0.4, 0.5) is 0 Å². The third kappa shape index (κ3) is 4.69. The Morgan fingerprint density at radius 2 is 1.71 bits per heavy atom. The Labute approximate surface area is 132 Å². The Bertz CT molecular complexity index is 344. The average molecular weight is 296 g/mol. The molecule has 2 heteroatoms. The van der Waals surface area contributed by atoms with Crippen molar-refractivity contribution in [3.8, 4) is 0 Å². The van der Waals surface area contributed by atoms with E-state index in [-0.39, 0.29) is 12.1 Å². The SMILES string of the molecule is CC1CC(OC2CC(C(C)(C)C)CCC2N)CC(C)(C)C1. The Balaban J connectivity index is 1.97. The number of rotatable bonds is 2. The third-order valence-corrected chi connectivity index (χ3v) is 5.78. The maximum Gasteiger partial charge on any atom is 0.0732 e. The van der Waals surface area contributed by atoms with Crippen LogP contribution >= 0.6 is 0 Å². The molecule has 0 heterocycles. The molecule has 0 aliphatic heterocycles. The lowest BCUT2D eigenvalue weighted by atomic mass is 9.69. The molecular weight excluding hydrogens is 258 g/mol. The third-order valence-electron chi connectivity index (χ3n) is 5.78. The molecule has 0 aromatic carbocycles. The molecule has 2 aliphatic carbocycles. The van der Waals surface area contributed by atoms with Gasteiger partial charge in [0, 0.05) is 6.04 Å². The lowest BCUT2D eigenvalue weighted by molar-refractivity contribution is -0.0972. The summed E-state index contributed by atoms with van der Waals surface area (Å²) in [7, 11) is 0. The van der Waals surface area contributed by atoms with Gasteiger partial charge in [-0.05, 0) is 61.2 Å². The van der Waals surface area contributed by atoms with Gasteiger partial charge < -0.3 is 10.5 Å². The number of hydrogen-bond acceptors (Lipinski definition) is 2. The van der Waals surface area contributed by atoms with Crippen molar-refractivity contribution in [2.24, 2.45) is 28.4 Å². The average Bonchev–Trinajstić information content (AvgIpc) is 2.27. The van der Waals surface area contributed by atoms with Gasteiger partial charge in [-0.1, -0.05) is 41.5 Å². The quantitative estimate of drug-likeness (QED) is 0.797. The van der Waals surface area contributed by atoms with E-state index < -0.39 is 0 Å². The maximum absolute atomic E-state index is 6.55. The molecule has 2 N–H and O–H groups in total. The van der Waals surface area contributed by atoms with Crippen LogP contribution in [0.2, 0.25) is 0 Å². The van der Waals surface area contributed by atoms with Gasteiger partial charge in [0.15, 0.2) is 0 Å². The van der Waals surface area contributed by atoms with Gasteiger partial charge in [0.25, 0.3) is 0 Å². The van der Waals surface area contributed by atoms with E-state index in [1.165, 1.54) is 25.7 Å². The molecule has 5 unspecified atom stereocenters. The van der Waals surface area contributed by atoms with Gasteiger partial charge in [-0.3, -0.25) is 0 Å². The first kappa shape index (κ1) is 17.3. The summed E-state index contributed by atoms with van der Waals surface area (Å²) in [4.78, 5) is 0. The van der Waals surface area contributed by atoms with Crippen LogP contribution in [0.5, 0.6) is 0 Å². The molecular formula is C19H37NO. The standard InChI is InChI=1S/C19H37NO/c1-13-9-15(12-19(5,6)11-13)21-17-10-14(18(2,3)4)7-8-16(17)20/h13-17H,7-12,20H2,1-6H3. The van der Waals surface area contributed by atoms with Crippen LogP contribution in [0.15, 0.2) is 0 Å². The van der Waals surface area contributed by atoms with Crippen LogP contribution < -0.4 is 5.73 Å². The molecule has 0 saturated heterocycles. The summed E-state index contributed by atoms with van der Waals surface area (Å²) in [5.41, 5.74) is 7.18. The van der Waals surface area contributed by atoms with E-state index in [1.807, 2.05) is 0 Å². The first-order valence-corrected chi connectivity index (χ1v) is 8.98. The fraction of sp³-hybridized carbons (Fsp3) is 1.00. The van der Waals surface area contributed by atoms with E-state index >= 15 is 0 Å². The predicted octanol–water partition coefficient (Wildman–Crippen LogP) is 4.76. The summed E-state index contributed by atoms with van der Waals surface area (Å²) in [5.74, 6) is 1.52. The highest BCUT2D eigenvalue weighted by molar-refractivity contribution is 4.90. The zero-order valence-corrected chi connectivity index (χ0v) is 15.1. The zero-order chi connectivity index (χ0) is 15.8.